The number of hydrogen-bond donors (Lipinski definition) is 0. The smallest absolute Gasteiger partial charge is 0.294 e. The molecule has 4 nitrogen and oxygen atoms in total. The maximum absolute atomic E-state index is 12.9. The molecule has 0 unspecified atom stereocenters. The highest BCUT2D eigenvalue weighted by Crippen LogP contribution is 2.19. The van der Waals surface area contributed by atoms with Gasteiger partial charge in [-0.3, -0.25) is 9.59 Å². The molecule has 1 aromatic heterocycles. The molecule has 0 aliphatic carbocycles. The van der Waals surface area contributed by atoms with Crippen molar-refractivity contribution in [2.45, 2.75) is 19.8 Å². The van der Waals surface area contributed by atoms with Crippen molar-refractivity contribution in [1.82, 2.24) is 0 Å². The van der Waals surface area contributed by atoms with Crippen LogP contribution in [0.15, 0.2) is 69.9 Å². The standard InChI is InChI=1S/C20H19NO3/c1-2-3-13-21(15-9-5-4-6-10-15)20(23)19-14-17(22)16-11-7-8-12-18(16)24-19/h4-12,14H,2-3,13H2,1H3. The van der Waals surface area contributed by atoms with Crippen LogP contribution in [0.25, 0.3) is 11.0 Å². The van der Waals surface area contributed by atoms with E-state index in [9.17, 15) is 9.59 Å². The summed E-state index contributed by atoms with van der Waals surface area (Å²) < 4.78 is 5.70. The summed E-state index contributed by atoms with van der Waals surface area (Å²) in [6.07, 6.45) is 1.84. The molecule has 2 aromatic carbocycles. The summed E-state index contributed by atoms with van der Waals surface area (Å²) in [5.74, 6) is -0.226. The lowest BCUT2D eigenvalue weighted by atomic mass is 10.2. The molecular formula is C20H19NO3. The molecule has 1 heterocycles. The summed E-state index contributed by atoms with van der Waals surface area (Å²) in [5, 5.41) is 0.480. The van der Waals surface area contributed by atoms with Crippen LogP contribution >= 0.6 is 0 Å². The fraction of sp³-hybridized carbons (Fsp3) is 0.200. The molecule has 3 rings (SSSR count). The van der Waals surface area contributed by atoms with Crippen LogP contribution in [-0.4, -0.2) is 12.5 Å². The SMILES string of the molecule is CCCCN(C(=O)c1cc(=O)c2ccccc2o1)c1ccccc1. The monoisotopic (exact) mass is 321 g/mol. The third kappa shape index (κ3) is 3.23. The van der Waals surface area contributed by atoms with Crippen molar-refractivity contribution in [2.75, 3.05) is 11.4 Å². The van der Waals surface area contributed by atoms with E-state index in [0.29, 0.717) is 17.5 Å². The second-order valence-electron chi connectivity index (χ2n) is 5.62. The van der Waals surface area contributed by atoms with Crippen LogP contribution in [0, 0.1) is 0 Å². The van der Waals surface area contributed by atoms with E-state index in [4.69, 9.17) is 4.42 Å². The minimum Gasteiger partial charge on any atom is -0.451 e. The number of para-hydroxylation sites is 2. The Hall–Kier alpha value is -2.88. The maximum Gasteiger partial charge on any atom is 0.294 e. The van der Waals surface area contributed by atoms with Crippen LogP contribution in [0.2, 0.25) is 0 Å². The van der Waals surface area contributed by atoms with E-state index in [1.54, 1.807) is 29.2 Å². The predicted molar refractivity (Wildman–Crippen MR) is 95.5 cm³/mol. The maximum atomic E-state index is 12.9. The number of anilines is 1. The van der Waals surface area contributed by atoms with Crippen molar-refractivity contribution in [2.24, 2.45) is 0 Å². The summed E-state index contributed by atoms with van der Waals surface area (Å²) in [6.45, 7) is 2.65. The van der Waals surface area contributed by atoms with Crippen LogP contribution in [0.3, 0.4) is 0 Å². The molecule has 0 atom stereocenters. The third-order valence-electron chi connectivity index (χ3n) is 3.89. The van der Waals surface area contributed by atoms with Crippen molar-refractivity contribution in [3.05, 3.63) is 76.6 Å². The molecule has 0 bridgehead atoms. The normalized spacial score (nSPS) is 10.7. The fourth-order valence-corrected chi connectivity index (χ4v) is 2.61. The van der Waals surface area contributed by atoms with Crippen molar-refractivity contribution in [1.29, 1.82) is 0 Å². The average molecular weight is 321 g/mol. The number of unbranched alkanes of at least 4 members (excludes halogenated alkanes) is 1. The van der Waals surface area contributed by atoms with Crippen LogP contribution in [0.5, 0.6) is 0 Å². The Morgan fingerprint density at radius 2 is 1.75 bits per heavy atom. The Bertz CT molecular complexity index is 899. The molecule has 0 saturated carbocycles. The summed E-state index contributed by atoms with van der Waals surface area (Å²) >= 11 is 0. The largest absolute Gasteiger partial charge is 0.451 e. The van der Waals surface area contributed by atoms with E-state index < -0.39 is 0 Å². The average Bonchev–Trinajstić information content (AvgIpc) is 2.63. The highest BCUT2D eigenvalue weighted by molar-refractivity contribution is 6.04. The molecule has 0 N–H and O–H groups in total. The van der Waals surface area contributed by atoms with Gasteiger partial charge in [0.25, 0.3) is 5.91 Å². The molecule has 1 amide bonds. The van der Waals surface area contributed by atoms with Crippen molar-refractivity contribution < 1.29 is 9.21 Å². The van der Waals surface area contributed by atoms with Gasteiger partial charge in [-0.2, -0.15) is 0 Å². The van der Waals surface area contributed by atoms with E-state index in [1.165, 1.54) is 6.07 Å². The van der Waals surface area contributed by atoms with Gasteiger partial charge in [-0.05, 0) is 30.7 Å². The number of carbonyl (C=O) groups is 1. The second kappa shape index (κ2) is 7.13. The van der Waals surface area contributed by atoms with Gasteiger partial charge in [0.05, 0.1) is 5.39 Å². The topological polar surface area (TPSA) is 50.5 Å². The van der Waals surface area contributed by atoms with Crippen molar-refractivity contribution in [3.8, 4) is 0 Å². The molecule has 0 spiro atoms. The van der Waals surface area contributed by atoms with Gasteiger partial charge in [-0.1, -0.05) is 43.7 Å². The molecule has 0 fully saturated rings. The van der Waals surface area contributed by atoms with Gasteiger partial charge >= 0.3 is 0 Å². The van der Waals surface area contributed by atoms with Crippen molar-refractivity contribution in [3.63, 3.8) is 0 Å². The number of rotatable bonds is 5. The number of hydrogen-bond acceptors (Lipinski definition) is 3. The van der Waals surface area contributed by atoms with Crippen molar-refractivity contribution >= 4 is 22.6 Å². The lowest BCUT2D eigenvalue weighted by Gasteiger charge is -2.22. The number of nitrogens with zero attached hydrogens (tertiary/aromatic N) is 1. The highest BCUT2D eigenvalue weighted by atomic mass is 16.3. The molecular weight excluding hydrogens is 302 g/mol. The van der Waals surface area contributed by atoms with E-state index in [0.717, 1.165) is 18.5 Å². The number of benzene rings is 2. The second-order valence-corrected chi connectivity index (χ2v) is 5.62. The molecule has 24 heavy (non-hydrogen) atoms. The van der Waals surface area contributed by atoms with Gasteiger partial charge in [0.1, 0.15) is 5.58 Å². The Kier molecular flexibility index (Phi) is 4.75. The quantitative estimate of drug-likeness (QED) is 0.706. The Morgan fingerprint density at radius 3 is 2.50 bits per heavy atom. The van der Waals surface area contributed by atoms with Gasteiger partial charge in [-0.15, -0.1) is 0 Å². The van der Waals surface area contributed by atoms with E-state index in [2.05, 4.69) is 6.92 Å². The lowest BCUT2D eigenvalue weighted by molar-refractivity contribution is 0.0960. The summed E-state index contributed by atoms with van der Waals surface area (Å²) in [7, 11) is 0. The lowest BCUT2D eigenvalue weighted by Crippen LogP contribution is -2.32. The zero-order chi connectivity index (χ0) is 16.9. The first-order valence-electron chi connectivity index (χ1n) is 8.10. The number of fused-ring (bicyclic) bond motifs is 1. The summed E-state index contributed by atoms with van der Waals surface area (Å²) in [6, 6.07) is 17.7. The molecule has 0 aliphatic heterocycles. The molecule has 0 radical (unpaired) electrons. The van der Waals surface area contributed by atoms with Crippen LogP contribution in [0.1, 0.15) is 30.3 Å². The number of carbonyl (C=O) groups excluding carboxylic acids is 1. The van der Waals surface area contributed by atoms with Gasteiger partial charge in [-0.25, -0.2) is 0 Å². The first-order valence-corrected chi connectivity index (χ1v) is 8.10. The molecule has 0 saturated heterocycles. The summed E-state index contributed by atoms with van der Waals surface area (Å²) in [5.41, 5.74) is 1.02. The van der Waals surface area contributed by atoms with E-state index in [1.807, 2.05) is 30.3 Å². The Balaban J connectivity index is 2.02. The first-order chi connectivity index (χ1) is 11.7. The first kappa shape index (κ1) is 16.0. The molecule has 4 heteroatoms. The Labute approximate surface area is 140 Å². The van der Waals surface area contributed by atoms with Gasteiger partial charge in [0.15, 0.2) is 11.2 Å². The minimum atomic E-state index is -0.294. The number of amides is 1. The third-order valence-corrected chi connectivity index (χ3v) is 3.89. The van der Waals surface area contributed by atoms with Crippen LogP contribution < -0.4 is 10.3 Å². The molecule has 122 valence electrons. The van der Waals surface area contributed by atoms with Crippen LogP contribution in [0.4, 0.5) is 5.69 Å². The van der Waals surface area contributed by atoms with Gasteiger partial charge in [0.2, 0.25) is 0 Å². The Morgan fingerprint density at radius 1 is 1.04 bits per heavy atom. The van der Waals surface area contributed by atoms with Crippen LogP contribution in [-0.2, 0) is 0 Å². The van der Waals surface area contributed by atoms with Gasteiger partial charge < -0.3 is 9.32 Å². The predicted octanol–water partition coefficient (Wildman–Crippen LogP) is 4.24. The zero-order valence-electron chi connectivity index (χ0n) is 13.6. The zero-order valence-corrected chi connectivity index (χ0v) is 13.6. The fourth-order valence-electron chi connectivity index (χ4n) is 2.61. The molecule has 0 aliphatic rings. The highest BCUT2D eigenvalue weighted by Gasteiger charge is 2.20. The van der Waals surface area contributed by atoms with E-state index >= 15 is 0 Å². The van der Waals surface area contributed by atoms with Gasteiger partial charge in [0, 0.05) is 18.3 Å². The molecule has 3 aromatic rings. The summed E-state index contributed by atoms with van der Waals surface area (Å²) in [4.78, 5) is 26.8. The minimum absolute atomic E-state index is 0.0682. The van der Waals surface area contributed by atoms with E-state index in [-0.39, 0.29) is 17.1 Å².